The largest absolute Gasteiger partial charge is 0.495 e. The molecule has 5 aliphatic heterocycles. The van der Waals surface area contributed by atoms with E-state index in [0.717, 1.165) is 93.7 Å². The van der Waals surface area contributed by atoms with Gasteiger partial charge >= 0.3 is 5.92 Å². The van der Waals surface area contributed by atoms with Crippen LogP contribution in [0.25, 0.3) is 0 Å². The lowest BCUT2D eigenvalue weighted by atomic mass is 9.70. The number of hydrogen-bond donors (Lipinski definition) is 3. The molecule has 17 heteroatoms. The van der Waals surface area contributed by atoms with Crippen molar-refractivity contribution in [3.63, 3.8) is 0 Å². The zero-order valence-electron chi connectivity index (χ0n) is 34.8. The lowest BCUT2D eigenvalue weighted by molar-refractivity contribution is -0.140. The number of likely N-dealkylation sites (tertiary alicyclic amines) is 1. The van der Waals surface area contributed by atoms with Gasteiger partial charge < -0.3 is 24.8 Å². The molecule has 6 aliphatic rings. The molecule has 3 aromatic rings. The molecule has 9 rings (SSSR count). The first-order valence-corrected chi connectivity index (χ1v) is 21.6. The number of nitrogens with zero attached hydrogens (tertiary/aromatic N) is 7. The fourth-order valence-corrected chi connectivity index (χ4v) is 10.4. The smallest absolute Gasteiger partial charge is 0.342 e. The molecule has 6 heterocycles. The van der Waals surface area contributed by atoms with Crippen molar-refractivity contribution in [1.29, 1.82) is 0 Å². The number of carbonyl (C=O) groups is 4. The highest BCUT2D eigenvalue weighted by Gasteiger charge is 2.49. The zero-order valence-corrected chi connectivity index (χ0v) is 34.8. The number of benzene rings is 2. The van der Waals surface area contributed by atoms with Crippen LogP contribution in [0.3, 0.4) is 0 Å². The highest BCUT2D eigenvalue weighted by atomic mass is 19.3. The molecule has 1 aliphatic carbocycles. The first-order chi connectivity index (χ1) is 29.4. The van der Waals surface area contributed by atoms with Crippen molar-refractivity contribution < 1.29 is 32.7 Å². The summed E-state index contributed by atoms with van der Waals surface area (Å²) in [5.74, 6) is -5.20. The number of alkyl halides is 2. The molecule has 1 unspecified atom stereocenters. The molecule has 4 amide bonds. The zero-order chi connectivity index (χ0) is 42.5. The van der Waals surface area contributed by atoms with E-state index < -0.39 is 18.4 Å². The number of halogens is 2. The lowest BCUT2D eigenvalue weighted by Gasteiger charge is -2.57. The molecule has 1 aromatic heterocycles. The number of anilines is 5. The Balaban J connectivity index is 0.799. The Bertz CT molecular complexity index is 2180. The maximum Gasteiger partial charge on any atom is 0.342 e. The fraction of sp³-hybridized carbons (Fsp3) is 0.545. The highest BCUT2D eigenvalue weighted by molar-refractivity contribution is 6.03. The predicted octanol–water partition coefficient (Wildman–Crippen LogP) is 4.82. The third-order valence-corrected chi connectivity index (χ3v) is 13.9. The summed E-state index contributed by atoms with van der Waals surface area (Å²) in [5, 5.41) is 7.60. The van der Waals surface area contributed by atoms with Gasteiger partial charge in [-0.3, -0.25) is 34.8 Å². The number of piperidine rings is 3. The number of para-hydroxylation sites is 1. The van der Waals surface area contributed by atoms with Crippen LogP contribution in [-0.2, 0) is 14.4 Å². The molecular formula is C44H54F2N10O5. The summed E-state index contributed by atoms with van der Waals surface area (Å²) in [5.41, 5.74) is 6.36. The van der Waals surface area contributed by atoms with E-state index in [1.54, 1.807) is 23.1 Å². The maximum atomic E-state index is 15.2. The van der Waals surface area contributed by atoms with Crippen molar-refractivity contribution in [2.45, 2.75) is 88.1 Å². The second kappa shape index (κ2) is 16.5. The van der Waals surface area contributed by atoms with E-state index in [4.69, 9.17) is 9.72 Å². The molecule has 4 saturated heterocycles. The Kier molecular flexibility index (Phi) is 11.0. The number of amides is 4. The molecule has 5 fully saturated rings. The van der Waals surface area contributed by atoms with Crippen molar-refractivity contribution in [1.82, 2.24) is 30.6 Å². The minimum atomic E-state index is -3.60. The molecule has 1 spiro atoms. The molecule has 0 radical (unpaired) electrons. The van der Waals surface area contributed by atoms with Gasteiger partial charge in [-0.25, -0.2) is 9.99 Å². The lowest BCUT2D eigenvalue weighted by Crippen LogP contribution is -2.64. The van der Waals surface area contributed by atoms with Crippen molar-refractivity contribution in [2.24, 2.45) is 5.41 Å². The van der Waals surface area contributed by atoms with Crippen molar-refractivity contribution in [3.8, 4) is 5.75 Å². The Hall–Kier alpha value is -5.42. The topological polar surface area (TPSA) is 156 Å². The van der Waals surface area contributed by atoms with Crippen LogP contribution in [0.15, 0.2) is 48.7 Å². The van der Waals surface area contributed by atoms with Crippen molar-refractivity contribution in [3.05, 3.63) is 59.8 Å². The van der Waals surface area contributed by atoms with Crippen LogP contribution in [0.2, 0.25) is 0 Å². The minimum Gasteiger partial charge on any atom is -0.495 e. The van der Waals surface area contributed by atoms with Crippen LogP contribution in [0.5, 0.6) is 5.75 Å². The van der Waals surface area contributed by atoms with E-state index in [-0.39, 0.29) is 47.1 Å². The molecule has 1 saturated carbocycles. The number of methoxy groups -OCH3 is 1. The third-order valence-electron chi connectivity index (χ3n) is 13.9. The summed E-state index contributed by atoms with van der Waals surface area (Å²) in [4.78, 5) is 67.5. The molecule has 15 nitrogen and oxygen atoms in total. The van der Waals surface area contributed by atoms with Crippen molar-refractivity contribution in [2.75, 3.05) is 80.0 Å². The van der Waals surface area contributed by atoms with Gasteiger partial charge in [0.25, 0.3) is 11.8 Å². The van der Waals surface area contributed by atoms with Crippen LogP contribution in [-0.4, -0.2) is 121 Å². The molecule has 2 aromatic carbocycles. The number of imide groups is 1. The van der Waals surface area contributed by atoms with E-state index in [1.165, 1.54) is 20.4 Å². The standard InChI is InChI=1S/C44H54F2N10O5/c1-52-34-24-47-42(50-38(34)56(30-8-3-4-9-30)27-44(45,46)41(52)60)49-37-33(11-6-12-35(37)61-2)40(59)51-55-19-15-29(16-20-55)54-25-43(26-54)17-21-53(22-18-43)31-10-5-7-28(23-31)32-13-14-36(57)48-39(32)58/h5-7,10-12,23-24,29-30,32H,3-4,8-9,13-22,25-27H2,1-2H3,(H,51,59)(H,47,49,50)(H,48,57,58). The summed E-state index contributed by atoms with van der Waals surface area (Å²) >= 11 is 0. The van der Waals surface area contributed by atoms with Gasteiger partial charge in [0.2, 0.25) is 17.8 Å². The first-order valence-electron chi connectivity index (χ1n) is 21.6. The Morgan fingerprint density at radius 2 is 1.66 bits per heavy atom. The summed E-state index contributed by atoms with van der Waals surface area (Å²) in [6.45, 7) is 4.71. The summed E-state index contributed by atoms with van der Waals surface area (Å²) < 4.78 is 36.0. The summed E-state index contributed by atoms with van der Waals surface area (Å²) in [6, 6.07) is 13.6. The fourth-order valence-electron chi connectivity index (χ4n) is 10.4. The molecule has 324 valence electrons. The van der Waals surface area contributed by atoms with E-state index in [1.807, 2.05) is 17.1 Å². The van der Waals surface area contributed by atoms with Crippen LogP contribution in [0, 0.1) is 5.41 Å². The van der Waals surface area contributed by atoms with Gasteiger partial charge in [-0.1, -0.05) is 31.0 Å². The molecule has 0 bridgehead atoms. The number of nitrogens with one attached hydrogen (secondary N) is 3. The predicted molar refractivity (Wildman–Crippen MR) is 225 cm³/mol. The normalized spacial score (nSPS) is 23.6. The number of carbonyl (C=O) groups excluding carboxylic acids is 4. The number of hydrazine groups is 1. The average molecular weight is 841 g/mol. The number of aromatic nitrogens is 2. The second-order valence-corrected chi connectivity index (χ2v) is 17.7. The van der Waals surface area contributed by atoms with Gasteiger partial charge in [0.15, 0.2) is 5.82 Å². The van der Waals surface area contributed by atoms with E-state index >= 15 is 8.78 Å². The van der Waals surface area contributed by atoms with Crippen LogP contribution in [0.4, 0.5) is 37.6 Å². The maximum absolute atomic E-state index is 15.2. The van der Waals surface area contributed by atoms with Gasteiger partial charge in [0.1, 0.15) is 11.4 Å². The number of rotatable bonds is 9. The first kappa shape index (κ1) is 41.0. The number of hydrogen-bond acceptors (Lipinski definition) is 12. The van der Waals surface area contributed by atoms with E-state index in [9.17, 15) is 19.2 Å². The monoisotopic (exact) mass is 840 g/mol. The van der Waals surface area contributed by atoms with E-state index in [2.05, 4.69) is 43.0 Å². The molecule has 61 heavy (non-hydrogen) atoms. The quantitative estimate of drug-likeness (QED) is 0.253. The van der Waals surface area contributed by atoms with Gasteiger partial charge in [0, 0.05) is 70.5 Å². The Morgan fingerprint density at radius 1 is 0.918 bits per heavy atom. The summed E-state index contributed by atoms with van der Waals surface area (Å²) in [6.07, 6.45) is 9.63. The highest BCUT2D eigenvalue weighted by Crippen LogP contribution is 2.44. The van der Waals surface area contributed by atoms with Crippen LogP contribution < -0.4 is 35.5 Å². The van der Waals surface area contributed by atoms with Gasteiger partial charge in [0.05, 0.1) is 37.0 Å². The van der Waals surface area contributed by atoms with Gasteiger partial charge in [-0.2, -0.15) is 13.8 Å². The molecule has 1 atom stereocenters. The molecule has 3 N–H and O–H groups in total. The van der Waals surface area contributed by atoms with E-state index in [0.29, 0.717) is 54.4 Å². The minimum absolute atomic E-state index is 0.0872. The van der Waals surface area contributed by atoms with Crippen molar-refractivity contribution >= 4 is 52.5 Å². The molecular weight excluding hydrogens is 787 g/mol. The van der Waals surface area contributed by atoms with Gasteiger partial charge in [-0.15, -0.1) is 0 Å². The SMILES string of the molecule is COc1cccc(C(=O)NN2CCC(N3CC4(CCN(c5cccc(C6CCC(=O)NC6=O)c5)CC4)C3)CC2)c1Nc1ncc2c(n1)N(C1CCCC1)CC(F)(F)C(=O)N2C. The van der Waals surface area contributed by atoms with Crippen LogP contribution in [0.1, 0.15) is 86.0 Å². The average Bonchev–Trinajstić information content (AvgIpc) is 3.78. The Morgan fingerprint density at radius 3 is 2.38 bits per heavy atom. The van der Waals surface area contributed by atoms with Crippen LogP contribution >= 0.6 is 0 Å². The summed E-state index contributed by atoms with van der Waals surface area (Å²) in [7, 11) is 2.82. The number of fused-ring (bicyclic) bond motifs is 1. The Labute approximate surface area is 354 Å². The van der Waals surface area contributed by atoms with Gasteiger partial charge in [-0.05, 0) is 80.2 Å². The number of ether oxygens (including phenoxy) is 1. The third kappa shape index (κ3) is 8.09. The second-order valence-electron chi connectivity index (χ2n) is 17.7.